The van der Waals surface area contributed by atoms with Gasteiger partial charge in [-0.15, -0.1) is 0 Å². The molecule has 0 aromatic carbocycles. The summed E-state index contributed by atoms with van der Waals surface area (Å²) in [5.41, 5.74) is 0.310. The van der Waals surface area contributed by atoms with E-state index in [1.807, 2.05) is 47.6 Å². The Balaban J connectivity index is 2.20. The monoisotopic (exact) mass is 281 g/mol. The van der Waals surface area contributed by atoms with Gasteiger partial charge in [-0.1, -0.05) is 6.08 Å². The molecule has 1 amide bonds. The molecule has 0 aromatic rings. The number of hydrogen-bond acceptors (Lipinski definition) is 3. The number of amides is 1. The number of carbonyl (C=O) groups is 1. The van der Waals surface area contributed by atoms with Crippen molar-refractivity contribution in [2.45, 2.75) is 71.2 Å². The predicted octanol–water partition coefficient (Wildman–Crippen LogP) is 2.70. The van der Waals surface area contributed by atoms with Crippen molar-refractivity contribution in [2.24, 2.45) is 0 Å². The molecule has 0 spiro atoms. The van der Waals surface area contributed by atoms with E-state index in [-0.39, 0.29) is 30.4 Å². The maximum absolute atomic E-state index is 11.2. The highest BCUT2D eigenvalue weighted by atomic mass is 16.7. The summed E-state index contributed by atoms with van der Waals surface area (Å²) in [7, 11) is -0.374. The molecular formula is C14H24BNO4. The fourth-order valence-corrected chi connectivity index (χ4v) is 2.83. The smallest absolute Gasteiger partial charge is 0.465 e. The van der Waals surface area contributed by atoms with Crippen molar-refractivity contribution >= 4 is 13.2 Å². The van der Waals surface area contributed by atoms with Crippen LogP contribution in [0.3, 0.4) is 0 Å². The first-order valence-electron chi connectivity index (χ1n) is 7.12. The molecule has 2 atom stereocenters. The van der Waals surface area contributed by atoms with E-state index in [1.54, 1.807) is 0 Å². The van der Waals surface area contributed by atoms with Gasteiger partial charge in [0.15, 0.2) is 0 Å². The van der Waals surface area contributed by atoms with Crippen LogP contribution >= 0.6 is 0 Å². The fraction of sp³-hybridized carbons (Fsp3) is 0.786. The predicted molar refractivity (Wildman–Crippen MR) is 77.6 cm³/mol. The van der Waals surface area contributed by atoms with Crippen LogP contribution in [-0.2, 0) is 9.31 Å². The van der Waals surface area contributed by atoms with Crippen molar-refractivity contribution in [3.63, 3.8) is 0 Å². The average molecular weight is 281 g/mol. The van der Waals surface area contributed by atoms with Crippen molar-refractivity contribution in [3.8, 4) is 0 Å². The Labute approximate surface area is 121 Å². The molecule has 0 radical (unpaired) electrons. The van der Waals surface area contributed by atoms with E-state index in [1.165, 1.54) is 4.90 Å². The number of carboxylic acid groups (broad SMARTS) is 1. The lowest BCUT2D eigenvalue weighted by atomic mass is 9.72. The first-order valence-corrected chi connectivity index (χ1v) is 7.12. The van der Waals surface area contributed by atoms with Crippen molar-refractivity contribution in [2.75, 3.05) is 0 Å². The molecule has 0 bridgehead atoms. The molecule has 0 unspecified atom stereocenters. The zero-order valence-electron chi connectivity index (χ0n) is 13.1. The number of nitrogens with zero attached hydrogens (tertiary/aromatic N) is 1. The SMILES string of the molecule is C[C@H]1C=C(B2OC(C)(C)C(C)(C)O2)C[C@H](C)N1C(=O)O. The average Bonchev–Trinajstić information content (AvgIpc) is 2.46. The molecule has 2 heterocycles. The quantitative estimate of drug-likeness (QED) is 0.751. The lowest BCUT2D eigenvalue weighted by Crippen LogP contribution is -2.47. The van der Waals surface area contributed by atoms with Gasteiger partial charge in [-0.3, -0.25) is 4.90 Å². The van der Waals surface area contributed by atoms with Gasteiger partial charge >= 0.3 is 13.2 Å². The van der Waals surface area contributed by atoms with Crippen LogP contribution in [0, 0.1) is 0 Å². The summed E-state index contributed by atoms with van der Waals surface area (Å²) in [6.45, 7) is 11.9. The maximum atomic E-state index is 11.2. The summed E-state index contributed by atoms with van der Waals surface area (Å²) < 4.78 is 12.1. The molecule has 2 aliphatic rings. The highest BCUT2D eigenvalue weighted by Crippen LogP contribution is 2.40. The topological polar surface area (TPSA) is 59.0 Å². The second-order valence-electron chi connectivity index (χ2n) is 6.81. The molecule has 0 saturated carbocycles. The highest BCUT2D eigenvalue weighted by Gasteiger charge is 2.53. The van der Waals surface area contributed by atoms with E-state index in [0.29, 0.717) is 6.42 Å². The maximum Gasteiger partial charge on any atom is 0.490 e. The first kappa shape index (κ1) is 15.4. The van der Waals surface area contributed by atoms with Gasteiger partial charge in [-0.25, -0.2) is 4.79 Å². The normalized spacial score (nSPS) is 32.2. The fourth-order valence-electron chi connectivity index (χ4n) is 2.83. The third-order valence-electron chi connectivity index (χ3n) is 4.68. The first-order chi connectivity index (χ1) is 9.05. The summed E-state index contributed by atoms with van der Waals surface area (Å²) in [6, 6.07) is -0.230. The second-order valence-corrected chi connectivity index (χ2v) is 6.81. The molecule has 112 valence electrons. The molecule has 5 nitrogen and oxygen atoms in total. The van der Waals surface area contributed by atoms with Gasteiger partial charge in [0.05, 0.1) is 17.2 Å². The largest absolute Gasteiger partial charge is 0.490 e. The Bertz CT molecular complexity index is 430. The summed E-state index contributed by atoms with van der Waals surface area (Å²) in [5, 5.41) is 9.23. The molecule has 6 heteroatoms. The van der Waals surface area contributed by atoms with E-state index in [9.17, 15) is 9.90 Å². The van der Waals surface area contributed by atoms with Crippen LogP contribution in [0.4, 0.5) is 4.79 Å². The lowest BCUT2D eigenvalue weighted by Gasteiger charge is -2.36. The van der Waals surface area contributed by atoms with Crippen LogP contribution in [-0.4, -0.2) is 46.5 Å². The van der Waals surface area contributed by atoms with Crippen molar-refractivity contribution in [1.82, 2.24) is 4.90 Å². The van der Waals surface area contributed by atoms with Gasteiger partial charge in [0, 0.05) is 6.04 Å². The van der Waals surface area contributed by atoms with Crippen LogP contribution < -0.4 is 0 Å². The van der Waals surface area contributed by atoms with E-state index in [2.05, 4.69) is 0 Å². The Morgan fingerprint density at radius 1 is 1.30 bits per heavy atom. The van der Waals surface area contributed by atoms with Gasteiger partial charge in [-0.2, -0.15) is 0 Å². The van der Waals surface area contributed by atoms with Crippen molar-refractivity contribution in [1.29, 1.82) is 0 Å². The molecule has 20 heavy (non-hydrogen) atoms. The van der Waals surface area contributed by atoms with Gasteiger partial charge in [-0.05, 0) is 53.4 Å². The molecule has 2 rings (SSSR count). The Morgan fingerprint density at radius 2 is 1.80 bits per heavy atom. The minimum absolute atomic E-state index is 0.0680. The highest BCUT2D eigenvalue weighted by molar-refractivity contribution is 6.54. The van der Waals surface area contributed by atoms with Gasteiger partial charge in [0.2, 0.25) is 0 Å². The van der Waals surface area contributed by atoms with Gasteiger partial charge in [0.25, 0.3) is 0 Å². The second kappa shape index (κ2) is 4.77. The Hall–Kier alpha value is -1.01. The van der Waals surface area contributed by atoms with Gasteiger partial charge < -0.3 is 14.4 Å². The summed E-state index contributed by atoms with van der Waals surface area (Å²) in [6.07, 6.45) is 1.72. The zero-order chi connectivity index (χ0) is 15.3. The number of hydrogen-bond donors (Lipinski definition) is 1. The van der Waals surface area contributed by atoms with Crippen molar-refractivity contribution in [3.05, 3.63) is 11.5 Å². The van der Waals surface area contributed by atoms with Crippen LogP contribution in [0.1, 0.15) is 48.0 Å². The van der Waals surface area contributed by atoms with E-state index < -0.39 is 6.09 Å². The zero-order valence-corrected chi connectivity index (χ0v) is 13.1. The van der Waals surface area contributed by atoms with Crippen LogP contribution in [0.5, 0.6) is 0 Å². The number of rotatable bonds is 1. The molecule has 1 fully saturated rings. The van der Waals surface area contributed by atoms with Crippen LogP contribution in [0.15, 0.2) is 11.5 Å². The molecule has 2 aliphatic heterocycles. The van der Waals surface area contributed by atoms with E-state index >= 15 is 0 Å². The minimum atomic E-state index is -0.880. The Morgan fingerprint density at radius 3 is 2.20 bits per heavy atom. The Kier molecular flexibility index (Phi) is 3.67. The summed E-state index contributed by atoms with van der Waals surface area (Å²) >= 11 is 0. The van der Waals surface area contributed by atoms with E-state index in [4.69, 9.17) is 9.31 Å². The third-order valence-corrected chi connectivity index (χ3v) is 4.68. The molecule has 1 N–H and O–H groups in total. The summed E-state index contributed by atoms with van der Waals surface area (Å²) in [5.74, 6) is 0. The third kappa shape index (κ3) is 2.47. The van der Waals surface area contributed by atoms with E-state index in [0.717, 1.165) is 5.47 Å². The molecule has 0 aromatic heterocycles. The molecule has 0 aliphatic carbocycles. The molecular weight excluding hydrogens is 257 g/mol. The van der Waals surface area contributed by atoms with Crippen molar-refractivity contribution < 1.29 is 19.2 Å². The van der Waals surface area contributed by atoms with Gasteiger partial charge in [0.1, 0.15) is 0 Å². The van der Waals surface area contributed by atoms with Crippen LogP contribution in [0.2, 0.25) is 0 Å². The summed E-state index contributed by atoms with van der Waals surface area (Å²) in [4.78, 5) is 12.7. The molecule has 1 saturated heterocycles. The van der Waals surface area contributed by atoms with Crippen LogP contribution in [0.25, 0.3) is 0 Å². The standard InChI is InChI=1S/C14H24BNO4/c1-9-7-11(8-10(2)16(9)12(17)18)15-19-13(3,4)14(5,6)20-15/h7,9-10H,8H2,1-6H3,(H,17,18)/t9-,10-/m0/s1. The minimum Gasteiger partial charge on any atom is -0.465 e. The lowest BCUT2D eigenvalue weighted by molar-refractivity contribution is 0.00578.